The minimum atomic E-state index is -0.112. The Balaban J connectivity index is 1.46. The van der Waals surface area contributed by atoms with Crippen LogP contribution in [0, 0.1) is 6.92 Å². The highest BCUT2D eigenvalue weighted by molar-refractivity contribution is 5.76. The van der Waals surface area contributed by atoms with E-state index in [1.165, 1.54) is 12.8 Å². The molecule has 1 saturated carbocycles. The molecule has 1 amide bonds. The van der Waals surface area contributed by atoms with Gasteiger partial charge in [-0.1, -0.05) is 18.2 Å². The summed E-state index contributed by atoms with van der Waals surface area (Å²) in [6, 6.07) is 8.06. The summed E-state index contributed by atoms with van der Waals surface area (Å²) in [4.78, 5) is 12.5. The number of nitrogens with one attached hydrogen (secondary N) is 1. The van der Waals surface area contributed by atoms with Gasteiger partial charge in [-0.3, -0.25) is 4.79 Å². The Morgan fingerprint density at radius 2 is 2.16 bits per heavy atom. The van der Waals surface area contributed by atoms with E-state index in [0.29, 0.717) is 18.8 Å². The second-order valence-corrected chi connectivity index (χ2v) is 7.05. The van der Waals surface area contributed by atoms with E-state index in [9.17, 15) is 4.79 Å². The van der Waals surface area contributed by atoms with E-state index in [-0.39, 0.29) is 17.6 Å². The van der Waals surface area contributed by atoms with Crippen LogP contribution in [0.3, 0.4) is 0 Å². The van der Waals surface area contributed by atoms with E-state index in [1.807, 2.05) is 31.2 Å². The molecule has 4 rings (SSSR count). The summed E-state index contributed by atoms with van der Waals surface area (Å²) in [6.07, 6.45) is 5.73. The number of nitrogens with zero attached hydrogens (tertiary/aromatic N) is 4. The zero-order valence-electron chi connectivity index (χ0n) is 14.4. The van der Waals surface area contributed by atoms with Gasteiger partial charge in [0.05, 0.1) is 12.6 Å². The van der Waals surface area contributed by atoms with Crippen molar-refractivity contribution in [3.05, 3.63) is 35.7 Å². The highest BCUT2D eigenvalue weighted by Gasteiger charge is 2.43. The maximum absolute atomic E-state index is 12.5. The fourth-order valence-corrected chi connectivity index (χ4v) is 4.00. The number of benzene rings is 1. The summed E-state index contributed by atoms with van der Waals surface area (Å²) >= 11 is 0. The molecule has 0 bridgehead atoms. The Morgan fingerprint density at radius 3 is 2.92 bits per heavy atom. The van der Waals surface area contributed by atoms with Gasteiger partial charge in [-0.2, -0.15) is 0 Å². The summed E-state index contributed by atoms with van der Waals surface area (Å²) in [6.45, 7) is 2.32. The molecule has 1 aliphatic heterocycles. The Hall–Kier alpha value is -2.44. The van der Waals surface area contributed by atoms with E-state index in [2.05, 4.69) is 20.8 Å². The Bertz CT molecular complexity index is 766. The van der Waals surface area contributed by atoms with Gasteiger partial charge in [-0.25, -0.2) is 4.68 Å². The molecule has 2 aromatic rings. The van der Waals surface area contributed by atoms with Gasteiger partial charge in [0.25, 0.3) is 0 Å². The quantitative estimate of drug-likeness (QED) is 0.923. The smallest absolute Gasteiger partial charge is 0.222 e. The number of hydrogen-bond acceptors (Lipinski definition) is 5. The van der Waals surface area contributed by atoms with Crippen molar-refractivity contribution in [1.29, 1.82) is 0 Å². The van der Waals surface area contributed by atoms with Crippen LogP contribution in [0.5, 0.6) is 5.75 Å². The van der Waals surface area contributed by atoms with Gasteiger partial charge < -0.3 is 10.1 Å². The van der Waals surface area contributed by atoms with Crippen molar-refractivity contribution in [1.82, 2.24) is 25.5 Å². The molecule has 1 spiro atoms. The molecule has 1 aromatic heterocycles. The molecule has 132 valence electrons. The highest BCUT2D eigenvalue weighted by Crippen LogP contribution is 2.46. The normalized spacial score (nSPS) is 20.9. The number of carbonyl (C=O) groups excluding carboxylic acids is 1. The van der Waals surface area contributed by atoms with Crippen LogP contribution < -0.4 is 10.1 Å². The number of tetrazole rings is 1. The van der Waals surface area contributed by atoms with E-state index in [0.717, 1.165) is 30.6 Å². The third-order valence-corrected chi connectivity index (χ3v) is 5.31. The fourth-order valence-electron chi connectivity index (χ4n) is 4.00. The second kappa shape index (κ2) is 6.46. The molecule has 1 fully saturated rings. The zero-order chi connectivity index (χ0) is 17.3. The van der Waals surface area contributed by atoms with E-state index >= 15 is 0 Å². The molecular weight excluding hydrogens is 318 g/mol. The standard InChI is InChI=1S/C18H23N5O2/c1-13-20-21-22-23(13)11-8-17(24)19-15-12-18(9-4-5-10-18)25-16-7-3-2-6-14(15)16/h2-3,6-7,15H,4-5,8-12H2,1H3,(H,19,24)/t15-/m1/s1. The number of ether oxygens (including phenoxy) is 1. The largest absolute Gasteiger partial charge is 0.487 e. The minimum Gasteiger partial charge on any atom is -0.487 e. The molecule has 7 nitrogen and oxygen atoms in total. The van der Waals surface area contributed by atoms with Crippen molar-refractivity contribution in [2.75, 3.05) is 0 Å². The van der Waals surface area contributed by atoms with Crippen LogP contribution in [0.1, 0.15) is 56.0 Å². The number of para-hydroxylation sites is 1. The molecule has 1 N–H and O–H groups in total. The first-order valence-electron chi connectivity index (χ1n) is 8.95. The van der Waals surface area contributed by atoms with Crippen molar-refractivity contribution >= 4 is 5.91 Å². The number of aromatic nitrogens is 4. The van der Waals surface area contributed by atoms with Crippen molar-refractivity contribution < 1.29 is 9.53 Å². The Morgan fingerprint density at radius 1 is 1.36 bits per heavy atom. The highest BCUT2D eigenvalue weighted by atomic mass is 16.5. The zero-order valence-corrected chi connectivity index (χ0v) is 14.4. The lowest BCUT2D eigenvalue weighted by Gasteiger charge is -2.40. The lowest BCUT2D eigenvalue weighted by atomic mass is 9.86. The van der Waals surface area contributed by atoms with Crippen molar-refractivity contribution in [3.8, 4) is 5.75 Å². The van der Waals surface area contributed by atoms with E-state index in [1.54, 1.807) is 4.68 Å². The molecule has 0 radical (unpaired) electrons. The van der Waals surface area contributed by atoms with Gasteiger partial charge in [0.1, 0.15) is 17.2 Å². The Kier molecular flexibility index (Phi) is 4.15. The molecule has 1 atom stereocenters. The lowest BCUT2D eigenvalue weighted by molar-refractivity contribution is -0.122. The first-order valence-corrected chi connectivity index (χ1v) is 8.95. The summed E-state index contributed by atoms with van der Waals surface area (Å²) in [5, 5.41) is 14.5. The molecule has 1 aliphatic carbocycles. The van der Waals surface area contributed by atoms with E-state index in [4.69, 9.17) is 4.74 Å². The number of fused-ring (bicyclic) bond motifs is 1. The van der Waals surface area contributed by atoms with Crippen molar-refractivity contribution in [3.63, 3.8) is 0 Å². The van der Waals surface area contributed by atoms with Gasteiger partial charge in [0, 0.05) is 18.4 Å². The van der Waals surface area contributed by atoms with Crippen molar-refractivity contribution in [2.45, 2.75) is 63.6 Å². The van der Waals surface area contributed by atoms with Crippen LogP contribution in [0.2, 0.25) is 0 Å². The fraction of sp³-hybridized carbons (Fsp3) is 0.556. The average Bonchev–Trinajstić information content (AvgIpc) is 3.22. The summed E-state index contributed by atoms with van der Waals surface area (Å²) in [5.41, 5.74) is 0.964. The third-order valence-electron chi connectivity index (χ3n) is 5.31. The first-order chi connectivity index (χ1) is 12.2. The number of aryl methyl sites for hydroxylation is 2. The van der Waals surface area contributed by atoms with E-state index < -0.39 is 0 Å². The summed E-state index contributed by atoms with van der Waals surface area (Å²) in [5.74, 6) is 1.65. The monoisotopic (exact) mass is 341 g/mol. The second-order valence-electron chi connectivity index (χ2n) is 7.05. The molecule has 0 saturated heterocycles. The number of carbonyl (C=O) groups is 1. The predicted molar refractivity (Wildman–Crippen MR) is 90.9 cm³/mol. The van der Waals surface area contributed by atoms with Crippen LogP contribution in [-0.4, -0.2) is 31.7 Å². The van der Waals surface area contributed by atoms with Crippen LogP contribution in [-0.2, 0) is 11.3 Å². The molecule has 1 aromatic carbocycles. The maximum atomic E-state index is 12.5. The molecule has 2 aliphatic rings. The van der Waals surface area contributed by atoms with Crippen LogP contribution in [0.15, 0.2) is 24.3 Å². The topological polar surface area (TPSA) is 81.9 Å². The van der Waals surface area contributed by atoms with Gasteiger partial charge in [0.2, 0.25) is 5.91 Å². The van der Waals surface area contributed by atoms with Gasteiger partial charge in [0.15, 0.2) is 0 Å². The number of hydrogen-bond donors (Lipinski definition) is 1. The minimum absolute atomic E-state index is 0.00511. The van der Waals surface area contributed by atoms with Crippen LogP contribution >= 0.6 is 0 Å². The van der Waals surface area contributed by atoms with Crippen LogP contribution in [0.4, 0.5) is 0 Å². The lowest BCUT2D eigenvalue weighted by Crippen LogP contribution is -2.43. The summed E-state index contributed by atoms with van der Waals surface area (Å²) < 4.78 is 7.99. The van der Waals surface area contributed by atoms with Crippen molar-refractivity contribution in [2.24, 2.45) is 0 Å². The average molecular weight is 341 g/mol. The molecule has 0 unspecified atom stereocenters. The van der Waals surface area contributed by atoms with Crippen LogP contribution in [0.25, 0.3) is 0 Å². The van der Waals surface area contributed by atoms with Gasteiger partial charge >= 0.3 is 0 Å². The number of rotatable bonds is 4. The predicted octanol–water partition coefficient (Wildman–Crippen LogP) is 2.32. The summed E-state index contributed by atoms with van der Waals surface area (Å²) in [7, 11) is 0. The maximum Gasteiger partial charge on any atom is 0.222 e. The molecular formula is C18H23N5O2. The number of amides is 1. The molecule has 2 heterocycles. The molecule has 7 heteroatoms. The Labute approximate surface area is 146 Å². The SMILES string of the molecule is Cc1nnnn1CCC(=O)N[C@@H]1CC2(CCCC2)Oc2ccccc21. The van der Waals surface area contributed by atoms with Gasteiger partial charge in [-0.05, 0) is 49.1 Å². The van der Waals surface area contributed by atoms with Gasteiger partial charge in [-0.15, -0.1) is 5.10 Å². The first kappa shape index (κ1) is 16.1. The third kappa shape index (κ3) is 3.23. The molecule has 25 heavy (non-hydrogen) atoms.